The van der Waals surface area contributed by atoms with E-state index in [1.165, 1.54) is 13.2 Å². The summed E-state index contributed by atoms with van der Waals surface area (Å²) in [6.07, 6.45) is 5.38. The SMILES string of the molecule is COC(=O)CNC1CCC(CN(C)c2ncc(N3C(=O)Cc4cc(OC)c(OC(C)C)cc4C3c3ccc(Cl)cc3)cc2F)CC1. The van der Waals surface area contributed by atoms with E-state index >= 15 is 4.39 Å². The molecule has 0 bridgehead atoms. The Hall–Kier alpha value is -3.89. The number of rotatable bonds is 11. The van der Waals surface area contributed by atoms with Crippen molar-refractivity contribution in [2.75, 3.05) is 44.2 Å². The van der Waals surface area contributed by atoms with Gasteiger partial charge in [-0.25, -0.2) is 9.37 Å². The molecule has 1 N–H and O–H groups in total. The smallest absolute Gasteiger partial charge is 0.319 e. The number of amides is 1. The van der Waals surface area contributed by atoms with E-state index in [4.69, 9.17) is 25.8 Å². The van der Waals surface area contributed by atoms with Crippen LogP contribution < -0.4 is 24.6 Å². The summed E-state index contributed by atoms with van der Waals surface area (Å²) >= 11 is 6.23. The number of anilines is 2. The van der Waals surface area contributed by atoms with Crippen LogP contribution in [0, 0.1) is 11.7 Å². The Morgan fingerprint density at radius 3 is 2.46 bits per heavy atom. The fraction of sp³-hybridized carbons (Fsp3) is 0.457. The molecule has 1 fully saturated rings. The predicted octanol–water partition coefficient (Wildman–Crippen LogP) is 6.11. The number of carbonyl (C=O) groups is 2. The highest BCUT2D eigenvalue weighted by molar-refractivity contribution is 6.30. The molecular formula is C35H42ClFN4O5. The number of aromatic nitrogens is 1. The second kappa shape index (κ2) is 14.7. The van der Waals surface area contributed by atoms with E-state index < -0.39 is 11.9 Å². The molecule has 1 amide bonds. The summed E-state index contributed by atoms with van der Waals surface area (Å²) in [6.45, 7) is 4.73. The highest BCUT2D eigenvalue weighted by Crippen LogP contribution is 2.44. The lowest BCUT2D eigenvalue weighted by Crippen LogP contribution is -2.41. The average Bonchev–Trinajstić information content (AvgIpc) is 3.03. The Bertz CT molecular complexity index is 1540. The second-order valence-electron chi connectivity index (χ2n) is 12.3. The zero-order valence-corrected chi connectivity index (χ0v) is 27.8. The molecule has 3 aromatic rings. The van der Waals surface area contributed by atoms with E-state index in [0.717, 1.165) is 42.4 Å². The molecule has 2 aliphatic rings. The molecule has 46 heavy (non-hydrogen) atoms. The monoisotopic (exact) mass is 652 g/mol. The largest absolute Gasteiger partial charge is 0.493 e. The fourth-order valence-corrected chi connectivity index (χ4v) is 6.61. The van der Waals surface area contributed by atoms with Gasteiger partial charge in [0.1, 0.15) is 0 Å². The summed E-state index contributed by atoms with van der Waals surface area (Å²) in [4.78, 5) is 33.3. The maximum atomic E-state index is 15.8. The third-order valence-electron chi connectivity index (χ3n) is 8.73. The number of methoxy groups -OCH3 is 2. The number of hydrogen-bond donors (Lipinski definition) is 1. The number of benzene rings is 2. The Kier molecular flexibility index (Phi) is 10.7. The van der Waals surface area contributed by atoms with Gasteiger partial charge in [0.15, 0.2) is 23.1 Å². The van der Waals surface area contributed by atoms with E-state index in [0.29, 0.717) is 34.7 Å². The molecule has 5 rings (SSSR count). The van der Waals surface area contributed by atoms with Crippen molar-refractivity contribution < 1.29 is 28.2 Å². The number of hydrogen-bond acceptors (Lipinski definition) is 8. The first-order valence-electron chi connectivity index (χ1n) is 15.7. The summed E-state index contributed by atoms with van der Waals surface area (Å²) < 4.78 is 32.2. The number of fused-ring (bicyclic) bond motifs is 1. The lowest BCUT2D eigenvalue weighted by molar-refractivity contribution is -0.139. The molecule has 0 spiro atoms. The van der Waals surface area contributed by atoms with Gasteiger partial charge < -0.3 is 24.4 Å². The normalized spacial score (nSPS) is 19.5. The van der Waals surface area contributed by atoms with Gasteiger partial charge in [0.2, 0.25) is 5.91 Å². The van der Waals surface area contributed by atoms with Crippen LogP contribution in [0.3, 0.4) is 0 Å². The molecule has 2 heterocycles. The number of esters is 1. The van der Waals surface area contributed by atoms with Crippen LogP contribution in [-0.4, -0.2) is 63.4 Å². The van der Waals surface area contributed by atoms with Gasteiger partial charge >= 0.3 is 5.97 Å². The lowest BCUT2D eigenvalue weighted by atomic mass is 9.85. The van der Waals surface area contributed by atoms with Crippen LogP contribution in [0.25, 0.3) is 0 Å². The zero-order chi connectivity index (χ0) is 33.0. The fourth-order valence-electron chi connectivity index (χ4n) is 6.48. The number of pyridine rings is 1. The van der Waals surface area contributed by atoms with Crippen molar-refractivity contribution in [3.8, 4) is 11.5 Å². The third-order valence-corrected chi connectivity index (χ3v) is 8.98. The van der Waals surface area contributed by atoms with Crippen molar-refractivity contribution in [2.45, 2.75) is 64.1 Å². The van der Waals surface area contributed by atoms with Crippen molar-refractivity contribution in [1.29, 1.82) is 0 Å². The number of halogens is 2. The second-order valence-corrected chi connectivity index (χ2v) is 12.8. The number of carbonyl (C=O) groups excluding carboxylic acids is 2. The summed E-state index contributed by atoms with van der Waals surface area (Å²) in [7, 11) is 4.80. The van der Waals surface area contributed by atoms with Crippen molar-refractivity contribution >= 4 is 35.0 Å². The minimum atomic E-state index is -0.568. The molecule has 1 aliphatic heterocycles. The molecule has 11 heteroatoms. The maximum absolute atomic E-state index is 15.8. The molecule has 246 valence electrons. The Morgan fingerprint density at radius 1 is 1.11 bits per heavy atom. The van der Waals surface area contributed by atoms with Crippen molar-refractivity contribution in [2.24, 2.45) is 5.92 Å². The molecule has 2 aromatic carbocycles. The van der Waals surface area contributed by atoms with E-state index in [1.807, 2.05) is 50.1 Å². The highest BCUT2D eigenvalue weighted by Gasteiger charge is 2.37. The quantitative estimate of drug-likeness (QED) is 0.248. The molecular weight excluding hydrogens is 611 g/mol. The van der Waals surface area contributed by atoms with Gasteiger partial charge in [0, 0.05) is 30.7 Å². The van der Waals surface area contributed by atoms with Gasteiger partial charge in [-0.3, -0.25) is 14.5 Å². The van der Waals surface area contributed by atoms with Crippen LogP contribution in [0.15, 0.2) is 48.7 Å². The lowest BCUT2D eigenvalue weighted by Gasteiger charge is -2.38. The first-order valence-corrected chi connectivity index (χ1v) is 16.1. The summed E-state index contributed by atoms with van der Waals surface area (Å²) in [5.41, 5.74) is 2.85. The Morgan fingerprint density at radius 2 is 1.83 bits per heavy atom. The first kappa shape index (κ1) is 33.5. The van der Waals surface area contributed by atoms with Crippen molar-refractivity contribution in [1.82, 2.24) is 10.3 Å². The Labute approximate surface area is 275 Å². The van der Waals surface area contributed by atoms with Gasteiger partial charge in [-0.1, -0.05) is 23.7 Å². The van der Waals surface area contributed by atoms with Crippen LogP contribution in [0.5, 0.6) is 11.5 Å². The topological polar surface area (TPSA) is 93.2 Å². The van der Waals surface area contributed by atoms with Gasteiger partial charge in [0.05, 0.1) is 51.2 Å². The van der Waals surface area contributed by atoms with Gasteiger partial charge in [0.25, 0.3) is 0 Å². The number of nitrogens with zero attached hydrogens (tertiary/aromatic N) is 3. The standard InChI is InChI=1S/C35H42ClFN4O5/c1-21(2)46-31-17-28-24(14-30(31)44-4)15-32(42)41(34(28)23-8-10-25(36)11-9-23)27-16-29(37)35(39-18-27)40(3)20-22-6-12-26(13-7-22)38-19-33(43)45-5/h8-11,14,16-18,21-22,26,34,38H,6-7,12-13,15,19-20H2,1-5H3. The number of ether oxygens (including phenoxy) is 3. The molecule has 1 aromatic heterocycles. The van der Waals surface area contributed by atoms with E-state index in [-0.39, 0.29) is 42.8 Å². The number of nitrogens with one attached hydrogen (secondary N) is 1. The Balaban J connectivity index is 1.39. The molecule has 1 atom stereocenters. The maximum Gasteiger partial charge on any atom is 0.319 e. The summed E-state index contributed by atoms with van der Waals surface area (Å²) in [6, 6.07) is 12.2. The van der Waals surface area contributed by atoms with Crippen molar-refractivity contribution in [3.63, 3.8) is 0 Å². The molecule has 1 saturated carbocycles. The summed E-state index contributed by atoms with van der Waals surface area (Å²) in [5.74, 6) is 0.767. The van der Waals surface area contributed by atoms with E-state index in [2.05, 4.69) is 10.3 Å². The molecule has 0 radical (unpaired) electrons. The van der Waals surface area contributed by atoms with Gasteiger partial charge in [-0.2, -0.15) is 0 Å². The van der Waals surface area contributed by atoms with Crippen LogP contribution in [0.4, 0.5) is 15.9 Å². The van der Waals surface area contributed by atoms with Crippen LogP contribution in [-0.2, 0) is 20.7 Å². The molecule has 9 nitrogen and oxygen atoms in total. The molecule has 1 aliphatic carbocycles. The average molecular weight is 653 g/mol. The summed E-state index contributed by atoms with van der Waals surface area (Å²) in [5, 5.41) is 3.83. The van der Waals surface area contributed by atoms with Gasteiger partial charge in [-0.05, 0) is 86.4 Å². The minimum Gasteiger partial charge on any atom is -0.493 e. The van der Waals surface area contributed by atoms with E-state index in [9.17, 15) is 9.59 Å². The predicted molar refractivity (Wildman–Crippen MR) is 176 cm³/mol. The molecule has 0 saturated heterocycles. The zero-order valence-electron chi connectivity index (χ0n) is 27.0. The van der Waals surface area contributed by atoms with Crippen molar-refractivity contribution in [3.05, 3.63) is 76.2 Å². The molecule has 1 unspecified atom stereocenters. The highest BCUT2D eigenvalue weighted by atomic mass is 35.5. The minimum absolute atomic E-state index is 0.0941. The van der Waals surface area contributed by atoms with Gasteiger partial charge in [-0.15, -0.1) is 0 Å². The van der Waals surface area contributed by atoms with E-state index in [1.54, 1.807) is 30.3 Å². The van der Waals surface area contributed by atoms with Crippen LogP contribution >= 0.6 is 11.6 Å². The third kappa shape index (κ3) is 7.56. The van der Waals surface area contributed by atoms with Crippen LogP contribution in [0.2, 0.25) is 5.02 Å². The van der Waals surface area contributed by atoms with Crippen LogP contribution in [0.1, 0.15) is 62.3 Å². The first-order chi connectivity index (χ1) is 22.1.